The van der Waals surface area contributed by atoms with Crippen molar-refractivity contribution in [3.05, 3.63) is 48.6 Å². The molecule has 48 heavy (non-hydrogen) atoms. The lowest BCUT2D eigenvalue weighted by Gasteiger charge is -2.35. The number of carbonyl (C=O) groups excluding carboxylic acids is 4. The highest BCUT2D eigenvalue weighted by molar-refractivity contribution is 5.98. The molecule has 5 atom stereocenters. The Morgan fingerprint density at radius 3 is 2.40 bits per heavy atom. The Hall–Kier alpha value is -4.36. The van der Waals surface area contributed by atoms with Crippen LogP contribution in [0.1, 0.15) is 64.9 Å². The summed E-state index contributed by atoms with van der Waals surface area (Å²) in [4.78, 5) is 59.5. The number of benzene rings is 1. The molecule has 0 spiro atoms. The largest absolute Gasteiger partial charge is 0.472 e. The topological polar surface area (TPSA) is 139 Å². The number of hydrogen-bond acceptors (Lipinski definition) is 7. The van der Waals surface area contributed by atoms with Crippen LogP contribution < -0.4 is 20.7 Å². The summed E-state index contributed by atoms with van der Waals surface area (Å²) in [5, 5.41) is 7.96. The molecule has 3 fully saturated rings. The molecule has 4 amide bonds. The maximum Gasteiger partial charge on any atom is 0.417 e. The van der Waals surface area contributed by atoms with E-state index in [-0.39, 0.29) is 41.8 Å². The fourth-order valence-corrected chi connectivity index (χ4v) is 6.68. The highest BCUT2D eigenvalue weighted by atomic mass is 19.4. The summed E-state index contributed by atoms with van der Waals surface area (Å²) in [7, 11) is 1.44. The molecule has 14 heteroatoms. The Labute approximate surface area is 277 Å². The molecular formula is C34H42F3N5O6. The van der Waals surface area contributed by atoms with Crippen molar-refractivity contribution >= 4 is 34.7 Å². The molecule has 2 aliphatic carbocycles. The summed E-state index contributed by atoms with van der Waals surface area (Å²) in [6.45, 7) is 8.80. The zero-order chi connectivity index (χ0) is 35.0. The molecule has 0 radical (unpaired) electrons. The first-order valence-corrected chi connectivity index (χ1v) is 16.2. The zero-order valence-corrected chi connectivity index (χ0v) is 27.5. The number of carbonyl (C=O) groups is 4. The van der Waals surface area contributed by atoms with E-state index in [9.17, 15) is 32.3 Å². The van der Waals surface area contributed by atoms with E-state index in [1.165, 1.54) is 30.1 Å². The van der Waals surface area contributed by atoms with Gasteiger partial charge in [-0.2, -0.15) is 13.2 Å². The number of rotatable bonds is 9. The van der Waals surface area contributed by atoms with Gasteiger partial charge in [0.15, 0.2) is 0 Å². The summed E-state index contributed by atoms with van der Waals surface area (Å²) in [5.41, 5.74) is -2.95. The third kappa shape index (κ3) is 7.21. The summed E-state index contributed by atoms with van der Waals surface area (Å²) >= 11 is 0. The summed E-state index contributed by atoms with van der Waals surface area (Å²) < 4.78 is 53.6. The Morgan fingerprint density at radius 2 is 1.79 bits per heavy atom. The molecule has 5 rings (SSSR count). The lowest BCUT2D eigenvalue weighted by molar-refractivity contribution is -0.143. The van der Waals surface area contributed by atoms with E-state index >= 15 is 0 Å². The third-order valence-corrected chi connectivity index (χ3v) is 9.36. The Kier molecular flexibility index (Phi) is 9.67. The number of pyridine rings is 1. The minimum absolute atomic E-state index is 0.0667. The fraction of sp³-hybridized carbons (Fsp3) is 0.559. The predicted molar refractivity (Wildman–Crippen MR) is 170 cm³/mol. The van der Waals surface area contributed by atoms with Crippen molar-refractivity contribution in [2.75, 3.05) is 13.6 Å². The Bertz CT molecular complexity index is 1590. The molecule has 3 aliphatic rings. The van der Waals surface area contributed by atoms with Crippen LogP contribution in [0.5, 0.6) is 5.88 Å². The molecule has 0 bridgehead atoms. The molecule has 1 aliphatic heterocycles. The van der Waals surface area contributed by atoms with Crippen LogP contribution in [0.2, 0.25) is 0 Å². The van der Waals surface area contributed by atoms with Crippen molar-refractivity contribution < 1.29 is 41.8 Å². The number of fused-ring (bicyclic) bond motifs is 1. The van der Waals surface area contributed by atoms with Crippen molar-refractivity contribution in [3.63, 3.8) is 0 Å². The molecule has 2 heterocycles. The van der Waals surface area contributed by atoms with Crippen LogP contribution in [0.3, 0.4) is 0 Å². The third-order valence-electron chi connectivity index (χ3n) is 9.36. The minimum atomic E-state index is -4.69. The smallest absolute Gasteiger partial charge is 0.417 e. The molecule has 11 nitrogen and oxygen atoms in total. The number of amides is 4. The van der Waals surface area contributed by atoms with Gasteiger partial charge in [-0.3, -0.25) is 14.4 Å². The average molecular weight is 674 g/mol. The monoisotopic (exact) mass is 673 g/mol. The van der Waals surface area contributed by atoms with Crippen LogP contribution in [0.15, 0.2) is 43.0 Å². The summed E-state index contributed by atoms with van der Waals surface area (Å²) in [6, 6.07) is 4.28. The molecule has 2 aromatic rings. The Morgan fingerprint density at radius 1 is 1.10 bits per heavy atom. The van der Waals surface area contributed by atoms with E-state index in [1.807, 2.05) is 0 Å². The van der Waals surface area contributed by atoms with Crippen LogP contribution in [0, 0.1) is 11.3 Å². The maximum atomic E-state index is 14.3. The van der Waals surface area contributed by atoms with E-state index < -0.39 is 64.7 Å². The number of para-hydroxylation sites is 1. The van der Waals surface area contributed by atoms with Gasteiger partial charge in [-0.1, -0.05) is 45.0 Å². The number of likely N-dealkylation sites (tertiary alicyclic amines) is 1. The van der Waals surface area contributed by atoms with Gasteiger partial charge in [0.2, 0.25) is 23.6 Å². The quantitative estimate of drug-likeness (QED) is 0.334. The lowest BCUT2D eigenvalue weighted by Crippen LogP contribution is -2.59. The number of aromatic nitrogens is 1. The molecule has 260 valence electrons. The highest BCUT2D eigenvalue weighted by Gasteiger charge is 2.60. The van der Waals surface area contributed by atoms with Crippen molar-refractivity contribution in [3.8, 4) is 5.88 Å². The van der Waals surface area contributed by atoms with Crippen LogP contribution in [0.4, 0.5) is 18.0 Å². The van der Waals surface area contributed by atoms with Crippen molar-refractivity contribution in [1.29, 1.82) is 0 Å². The number of halogens is 3. The van der Waals surface area contributed by atoms with Crippen LogP contribution in [-0.2, 0) is 25.3 Å². The predicted octanol–water partition coefficient (Wildman–Crippen LogP) is 4.49. The first-order valence-electron chi connectivity index (χ1n) is 16.2. The van der Waals surface area contributed by atoms with Crippen molar-refractivity contribution in [2.45, 2.75) is 95.3 Å². The molecule has 1 aromatic carbocycles. The molecule has 3 N–H and O–H groups in total. The zero-order valence-electron chi connectivity index (χ0n) is 27.5. The van der Waals surface area contributed by atoms with Gasteiger partial charge in [-0.25, -0.2) is 9.78 Å². The van der Waals surface area contributed by atoms with E-state index in [4.69, 9.17) is 9.47 Å². The number of alkyl halides is 3. The number of likely N-dealkylation sites (N-methyl/N-ethyl adjacent to an activating group) is 1. The second-order valence-electron chi connectivity index (χ2n) is 13.8. The standard InChI is InChI=1S/C34H42F3N5O6/c1-6-19-17-33(19,30(45)38-5)41-28(43)25-15-21(47-26-16-23(34(35,36)37)22-13-9-10-14-24(22)39-26)18-42(25)29(44)27(32(2,3)4)40-31(46)48-20-11-7-8-12-20/h6,9-10,13-14,16,19-21,25,27H,1,7-8,11-12,15,17-18H2,2-5H3,(H,38,45)(H,40,46)(H,41,43)/t19-,21-,25+,27-,33-/m1/s1. The van der Waals surface area contributed by atoms with E-state index in [0.29, 0.717) is 6.42 Å². The molecule has 2 saturated carbocycles. The number of nitrogens with one attached hydrogen (secondary N) is 3. The summed E-state index contributed by atoms with van der Waals surface area (Å²) in [5.74, 6) is -2.33. The van der Waals surface area contributed by atoms with Crippen molar-refractivity contribution in [1.82, 2.24) is 25.8 Å². The van der Waals surface area contributed by atoms with Gasteiger partial charge in [0, 0.05) is 30.8 Å². The number of hydrogen-bond donors (Lipinski definition) is 3. The van der Waals surface area contributed by atoms with E-state index in [1.54, 1.807) is 32.9 Å². The van der Waals surface area contributed by atoms with Gasteiger partial charge < -0.3 is 30.3 Å². The first kappa shape index (κ1) is 35.0. The first-order chi connectivity index (χ1) is 22.6. The summed E-state index contributed by atoms with van der Waals surface area (Å²) in [6.07, 6.45) is -1.56. The second kappa shape index (κ2) is 13.3. The molecule has 1 aromatic heterocycles. The fourth-order valence-electron chi connectivity index (χ4n) is 6.68. The van der Waals surface area contributed by atoms with Crippen LogP contribution in [-0.4, -0.2) is 77.1 Å². The van der Waals surface area contributed by atoms with Gasteiger partial charge in [0.25, 0.3) is 0 Å². The van der Waals surface area contributed by atoms with Gasteiger partial charge in [0.05, 0.1) is 17.6 Å². The Balaban J connectivity index is 1.44. The van der Waals surface area contributed by atoms with Crippen LogP contribution >= 0.6 is 0 Å². The lowest BCUT2D eigenvalue weighted by atomic mass is 9.85. The second-order valence-corrected chi connectivity index (χ2v) is 13.8. The molecule has 0 unspecified atom stereocenters. The normalized spacial score (nSPS) is 24.9. The van der Waals surface area contributed by atoms with Gasteiger partial charge in [0.1, 0.15) is 29.8 Å². The van der Waals surface area contributed by atoms with Crippen molar-refractivity contribution in [2.24, 2.45) is 11.3 Å². The van der Waals surface area contributed by atoms with E-state index in [0.717, 1.165) is 31.7 Å². The SMILES string of the molecule is C=C[C@@H]1C[C@]1(NC(=O)[C@@H]1C[C@@H](Oc2cc(C(F)(F)F)c3ccccc3n2)CN1C(=O)[C@@H](NC(=O)OC1CCCC1)C(C)(C)C)C(=O)NC. The number of alkyl carbamates (subject to hydrolysis) is 1. The van der Waals surface area contributed by atoms with E-state index in [2.05, 4.69) is 27.5 Å². The minimum Gasteiger partial charge on any atom is -0.472 e. The highest BCUT2D eigenvalue weighted by Crippen LogP contribution is 2.45. The number of ether oxygens (including phenoxy) is 2. The van der Waals surface area contributed by atoms with Crippen LogP contribution in [0.25, 0.3) is 10.9 Å². The molecule has 1 saturated heterocycles. The van der Waals surface area contributed by atoms with Gasteiger partial charge >= 0.3 is 12.3 Å². The molecular weight excluding hydrogens is 631 g/mol. The van der Waals surface area contributed by atoms with Gasteiger partial charge in [-0.05, 0) is 43.6 Å². The maximum absolute atomic E-state index is 14.3. The number of nitrogens with zero attached hydrogens (tertiary/aromatic N) is 2. The van der Waals surface area contributed by atoms with Gasteiger partial charge in [-0.15, -0.1) is 6.58 Å². The average Bonchev–Trinajstić information content (AvgIpc) is 3.29.